The summed E-state index contributed by atoms with van der Waals surface area (Å²) in [6.07, 6.45) is 4.59. The molecular formula is C27H29N3O4. The van der Waals surface area contributed by atoms with Crippen molar-refractivity contribution in [1.29, 1.82) is 0 Å². The van der Waals surface area contributed by atoms with Crippen LogP contribution in [0.15, 0.2) is 54.9 Å². The van der Waals surface area contributed by atoms with Crippen LogP contribution in [-0.2, 0) is 4.79 Å². The molecule has 7 heteroatoms. The molecule has 0 saturated carbocycles. The summed E-state index contributed by atoms with van der Waals surface area (Å²) in [6, 6.07) is 13.0. The summed E-state index contributed by atoms with van der Waals surface area (Å²) in [6.45, 7) is 1.76. The van der Waals surface area contributed by atoms with Crippen molar-refractivity contribution in [2.75, 3.05) is 26.7 Å². The number of fused-ring (bicyclic) bond motifs is 1. The minimum atomic E-state index is -0.791. The monoisotopic (exact) mass is 459 g/mol. The first-order chi connectivity index (χ1) is 16.5. The van der Waals surface area contributed by atoms with E-state index in [1.807, 2.05) is 42.5 Å². The number of pyridine rings is 2. The average molecular weight is 460 g/mol. The number of methoxy groups -OCH3 is 1. The number of hydrogen-bond donors (Lipinski definition) is 2. The van der Waals surface area contributed by atoms with Crippen LogP contribution in [0.4, 0.5) is 0 Å². The highest BCUT2D eigenvalue weighted by molar-refractivity contribution is 5.83. The Hall–Kier alpha value is -3.47. The molecule has 3 atom stereocenters. The van der Waals surface area contributed by atoms with E-state index in [1.165, 1.54) is 0 Å². The molecule has 0 spiro atoms. The Kier molecular flexibility index (Phi) is 7.73. The number of ether oxygens (including phenoxy) is 1. The summed E-state index contributed by atoms with van der Waals surface area (Å²) in [4.78, 5) is 22.7. The van der Waals surface area contributed by atoms with Crippen molar-refractivity contribution in [2.45, 2.75) is 25.4 Å². The number of likely N-dealkylation sites (tertiary alicyclic amines) is 1. The Bertz CT molecular complexity index is 1190. The van der Waals surface area contributed by atoms with E-state index >= 15 is 0 Å². The third-order valence-corrected chi connectivity index (χ3v) is 6.49. The number of aromatic nitrogens is 2. The van der Waals surface area contributed by atoms with Crippen LogP contribution < -0.4 is 4.74 Å². The summed E-state index contributed by atoms with van der Waals surface area (Å²) in [5, 5.41) is 21.7. The quantitative estimate of drug-likeness (QED) is 0.522. The Balaban J connectivity index is 1.38. The zero-order valence-electron chi connectivity index (χ0n) is 19.2. The second-order valence-electron chi connectivity index (χ2n) is 8.62. The predicted molar refractivity (Wildman–Crippen MR) is 129 cm³/mol. The van der Waals surface area contributed by atoms with E-state index in [0.717, 1.165) is 29.4 Å². The summed E-state index contributed by atoms with van der Waals surface area (Å²) in [5.74, 6) is 5.58. The lowest BCUT2D eigenvalue weighted by molar-refractivity contribution is -0.146. The molecule has 7 nitrogen and oxygen atoms in total. The van der Waals surface area contributed by atoms with E-state index in [2.05, 4.69) is 26.7 Å². The van der Waals surface area contributed by atoms with E-state index in [9.17, 15) is 15.0 Å². The summed E-state index contributed by atoms with van der Waals surface area (Å²) < 4.78 is 5.32. The maximum atomic E-state index is 12.0. The number of carboxylic acid groups (broad SMARTS) is 1. The van der Waals surface area contributed by atoms with Gasteiger partial charge in [-0.2, -0.15) is 0 Å². The highest BCUT2D eigenvalue weighted by Gasteiger charge is 2.34. The van der Waals surface area contributed by atoms with Gasteiger partial charge in [0.2, 0.25) is 0 Å². The molecule has 1 aliphatic rings. The van der Waals surface area contributed by atoms with Gasteiger partial charge in [-0.25, -0.2) is 4.98 Å². The number of nitrogens with zero attached hydrogens (tertiary/aromatic N) is 3. The van der Waals surface area contributed by atoms with Crippen LogP contribution in [-0.4, -0.2) is 57.8 Å². The van der Waals surface area contributed by atoms with Gasteiger partial charge in [0.15, 0.2) is 0 Å². The average Bonchev–Trinajstić information content (AvgIpc) is 2.87. The van der Waals surface area contributed by atoms with Gasteiger partial charge in [-0.05, 0) is 79.6 Å². The predicted octanol–water partition coefficient (Wildman–Crippen LogP) is 3.53. The Morgan fingerprint density at radius 3 is 2.88 bits per heavy atom. The fourth-order valence-electron chi connectivity index (χ4n) is 4.61. The number of piperidine rings is 1. The summed E-state index contributed by atoms with van der Waals surface area (Å²) >= 11 is 0. The molecule has 1 fully saturated rings. The van der Waals surface area contributed by atoms with Crippen molar-refractivity contribution in [1.82, 2.24) is 14.9 Å². The summed E-state index contributed by atoms with van der Waals surface area (Å²) in [7, 11) is 1.61. The van der Waals surface area contributed by atoms with Gasteiger partial charge in [0.1, 0.15) is 11.4 Å². The molecule has 4 rings (SSSR count). The highest BCUT2D eigenvalue weighted by Crippen LogP contribution is 2.33. The molecule has 0 amide bonds. The van der Waals surface area contributed by atoms with Gasteiger partial charge in [0.05, 0.1) is 31.2 Å². The van der Waals surface area contributed by atoms with E-state index in [-0.39, 0.29) is 5.92 Å². The first kappa shape index (κ1) is 23.7. The second-order valence-corrected chi connectivity index (χ2v) is 8.62. The van der Waals surface area contributed by atoms with Gasteiger partial charge in [-0.3, -0.25) is 14.7 Å². The standard InChI is InChI=1S/C27H29N3O4/c1-34-21-8-9-25-23(17-21)22(11-14-29-25)26(31)10-7-19-12-16-30(18-24(19)27(32)33)15-4-6-20-5-2-3-13-28-20/h2-3,5,8-9,11,13-14,17,19,24,26,31H,7,10,12,15-16,18H2,1H3,(H,32,33)/t19-,24+,26-/m1/s1. The number of aliphatic hydroxyl groups excluding tert-OH is 1. The number of carboxylic acids is 1. The van der Waals surface area contributed by atoms with Gasteiger partial charge in [-0.15, -0.1) is 0 Å². The fourth-order valence-corrected chi connectivity index (χ4v) is 4.61. The lowest BCUT2D eigenvalue weighted by atomic mass is 9.81. The molecular weight excluding hydrogens is 430 g/mol. The molecule has 176 valence electrons. The van der Waals surface area contributed by atoms with Crippen molar-refractivity contribution in [3.8, 4) is 17.6 Å². The maximum absolute atomic E-state index is 12.0. The van der Waals surface area contributed by atoms with E-state index < -0.39 is 18.0 Å². The Labute approximate surface area is 199 Å². The lowest BCUT2D eigenvalue weighted by Crippen LogP contribution is -2.44. The van der Waals surface area contributed by atoms with Gasteiger partial charge >= 0.3 is 5.97 Å². The van der Waals surface area contributed by atoms with Crippen molar-refractivity contribution < 1.29 is 19.7 Å². The summed E-state index contributed by atoms with van der Waals surface area (Å²) in [5.41, 5.74) is 2.29. The third-order valence-electron chi connectivity index (χ3n) is 6.49. The van der Waals surface area contributed by atoms with Crippen LogP contribution in [0.25, 0.3) is 10.9 Å². The minimum absolute atomic E-state index is 0.00906. The first-order valence-electron chi connectivity index (χ1n) is 11.5. The number of aliphatic carboxylic acids is 1. The van der Waals surface area contributed by atoms with Gasteiger partial charge < -0.3 is 14.9 Å². The number of rotatable bonds is 7. The molecule has 1 aromatic carbocycles. The molecule has 0 bridgehead atoms. The molecule has 0 unspecified atom stereocenters. The molecule has 0 radical (unpaired) electrons. The van der Waals surface area contributed by atoms with Crippen molar-refractivity contribution in [2.24, 2.45) is 11.8 Å². The molecule has 1 aliphatic heterocycles. The van der Waals surface area contributed by atoms with E-state index in [4.69, 9.17) is 4.74 Å². The van der Waals surface area contributed by atoms with Gasteiger partial charge in [0.25, 0.3) is 0 Å². The lowest BCUT2D eigenvalue weighted by Gasteiger charge is -2.36. The van der Waals surface area contributed by atoms with Crippen molar-refractivity contribution in [3.05, 3.63) is 66.1 Å². The normalized spacial score (nSPS) is 19.2. The maximum Gasteiger partial charge on any atom is 0.308 e. The number of aliphatic hydroxyl groups is 1. The number of carbonyl (C=O) groups is 1. The zero-order chi connectivity index (χ0) is 23.9. The highest BCUT2D eigenvalue weighted by atomic mass is 16.5. The van der Waals surface area contributed by atoms with Crippen LogP contribution in [0.1, 0.15) is 36.6 Å². The topological polar surface area (TPSA) is 95.8 Å². The van der Waals surface area contributed by atoms with E-state index in [1.54, 1.807) is 19.5 Å². The van der Waals surface area contributed by atoms with Crippen LogP contribution in [0.2, 0.25) is 0 Å². The Morgan fingerprint density at radius 2 is 2.12 bits per heavy atom. The van der Waals surface area contributed by atoms with Gasteiger partial charge in [0, 0.05) is 24.3 Å². The third kappa shape index (κ3) is 5.71. The van der Waals surface area contributed by atoms with Crippen LogP contribution in [0.5, 0.6) is 5.75 Å². The second kappa shape index (κ2) is 11.1. The van der Waals surface area contributed by atoms with Crippen LogP contribution >= 0.6 is 0 Å². The van der Waals surface area contributed by atoms with Crippen LogP contribution in [0.3, 0.4) is 0 Å². The van der Waals surface area contributed by atoms with Gasteiger partial charge in [-0.1, -0.05) is 12.0 Å². The molecule has 3 aromatic rings. The number of benzene rings is 1. The first-order valence-corrected chi connectivity index (χ1v) is 11.5. The van der Waals surface area contributed by atoms with Crippen molar-refractivity contribution in [3.63, 3.8) is 0 Å². The molecule has 3 heterocycles. The molecule has 2 aromatic heterocycles. The van der Waals surface area contributed by atoms with Crippen molar-refractivity contribution >= 4 is 16.9 Å². The number of hydrogen-bond acceptors (Lipinski definition) is 6. The fraction of sp³-hybridized carbons (Fsp3) is 0.370. The van der Waals surface area contributed by atoms with Crippen LogP contribution in [0, 0.1) is 23.7 Å². The Morgan fingerprint density at radius 1 is 1.24 bits per heavy atom. The SMILES string of the molecule is COc1ccc2nccc([C@H](O)CC[C@@H]3CCN(CC#Cc4ccccn4)C[C@@H]3C(=O)O)c2c1. The van der Waals surface area contributed by atoms with E-state index in [0.29, 0.717) is 37.4 Å². The zero-order valence-corrected chi connectivity index (χ0v) is 19.2. The molecule has 34 heavy (non-hydrogen) atoms. The molecule has 1 saturated heterocycles. The largest absolute Gasteiger partial charge is 0.497 e. The smallest absolute Gasteiger partial charge is 0.308 e. The molecule has 0 aliphatic carbocycles. The minimum Gasteiger partial charge on any atom is -0.497 e. The molecule has 2 N–H and O–H groups in total.